The van der Waals surface area contributed by atoms with Crippen molar-refractivity contribution in [2.24, 2.45) is 0 Å². The number of halogens is 1. The van der Waals surface area contributed by atoms with E-state index in [1.165, 1.54) is 17.8 Å². The Balaban J connectivity index is 2.52. The zero-order valence-electron chi connectivity index (χ0n) is 7.47. The molecule has 0 saturated heterocycles. The third-order valence-corrected chi connectivity index (χ3v) is 2.66. The number of rotatable bonds is 1. The van der Waals surface area contributed by atoms with Crippen molar-refractivity contribution < 1.29 is 0 Å². The molecule has 1 aliphatic carbocycles. The minimum absolute atomic E-state index is 0.437. The minimum atomic E-state index is 0.437. The molecule has 0 amide bonds. The molecule has 0 aliphatic heterocycles. The van der Waals surface area contributed by atoms with Gasteiger partial charge in [-0.2, -0.15) is 0 Å². The van der Waals surface area contributed by atoms with Gasteiger partial charge in [-0.1, -0.05) is 0 Å². The van der Waals surface area contributed by atoms with E-state index >= 15 is 0 Å². The van der Waals surface area contributed by atoms with Gasteiger partial charge in [-0.05, 0) is 44.7 Å². The molecular formula is C9H13ClN2. The number of aryl methyl sites for hydroxylation is 1. The van der Waals surface area contributed by atoms with E-state index in [-0.39, 0.29) is 0 Å². The molecule has 2 rings (SSSR count). The van der Waals surface area contributed by atoms with Crippen LogP contribution in [0.5, 0.6) is 0 Å². The van der Waals surface area contributed by atoms with Crippen molar-refractivity contribution >= 4 is 11.6 Å². The van der Waals surface area contributed by atoms with Gasteiger partial charge >= 0.3 is 0 Å². The normalized spacial score (nSPS) is 15.7. The molecule has 0 bridgehead atoms. The van der Waals surface area contributed by atoms with Gasteiger partial charge in [0, 0.05) is 11.7 Å². The molecule has 0 aromatic carbocycles. The molecule has 12 heavy (non-hydrogen) atoms. The van der Waals surface area contributed by atoms with Gasteiger partial charge in [-0.3, -0.25) is 0 Å². The lowest BCUT2D eigenvalue weighted by Gasteiger charge is -2.11. The molecule has 1 aromatic rings. The van der Waals surface area contributed by atoms with Crippen LogP contribution in [0.2, 0.25) is 5.28 Å². The second-order valence-corrected chi connectivity index (χ2v) is 3.93. The average molecular weight is 185 g/mol. The van der Waals surface area contributed by atoms with Crippen molar-refractivity contribution in [3.8, 4) is 0 Å². The first-order valence-corrected chi connectivity index (χ1v) is 4.83. The lowest BCUT2D eigenvalue weighted by molar-refractivity contribution is 0.575. The van der Waals surface area contributed by atoms with Gasteiger partial charge in [-0.25, -0.2) is 4.98 Å². The fourth-order valence-corrected chi connectivity index (χ4v) is 2.29. The molecule has 66 valence electrons. The fourth-order valence-electron chi connectivity index (χ4n) is 1.89. The molecule has 0 fully saturated rings. The molecule has 0 N–H and O–H groups in total. The van der Waals surface area contributed by atoms with Crippen molar-refractivity contribution in [1.29, 1.82) is 0 Å². The molecule has 1 heterocycles. The van der Waals surface area contributed by atoms with Gasteiger partial charge in [0.2, 0.25) is 5.28 Å². The second-order valence-electron chi connectivity index (χ2n) is 3.59. The molecule has 1 aromatic heterocycles. The summed E-state index contributed by atoms with van der Waals surface area (Å²) in [6.07, 6.45) is 3.49. The zero-order chi connectivity index (χ0) is 8.72. The first-order chi connectivity index (χ1) is 5.70. The third kappa shape index (κ3) is 1.06. The molecule has 2 nitrogen and oxygen atoms in total. The van der Waals surface area contributed by atoms with E-state index in [1.807, 2.05) is 0 Å². The van der Waals surface area contributed by atoms with E-state index in [2.05, 4.69) is 23.4 Å². The van der Waals surface area contributed by atoms with E-state index < -0.39 is 0 Å². The van der Waals surface area contributed by atoms with Crippen LogP contribution >= 0.6 is 11.6 Å². The lowest BCUT2D eigenvalue weighted by atomic mass is 10.3. The highest BCUT2D eigenvalue weighted by Crippen LogP contribution is 2.28. The zero-order valence-corrected chi connectivity index (χ0v) is 8.23. The smallest absolute Gasteiger partial charge is 0.203 e. The number of nitrogens with zero attached hydrogens (tertiary/aromatic N) is 2. The number of hydrogen-bond donors (Lipinski definition) is 0. The van der Waals surface area contributed by atoms with Crippen molar-refractivity contribution in [3.63, 3.8) is 0 Å². The Kier molecular flexibility index (Phi) is 1.87. The van der Waals surface area contributed by atoms with Crippen LogP contribution < -0.4 is 0 Å². The Morgan fingerprint density at radius 1 is 1.42 bits per heavy atom. The van der Waals surface area contributed by atoms with E-state index in [0.717, 1.165) is 12.8 Å². The molecule has 0 saturated carbocycles. The van der Waals surface area contributed by atoms with Gasteiger partial charge in [0.05, 0.1) is 5.69 Å². The highest BCUT2D eigenvalue weighted by Gasteiger charge is 2.21. The van der Waals surface area contributed by atoms with Crippen LogP contribution in [0.3, 0.4) is 0 Å². The van der Waals surface area contributed by atoms with E-state index in [4.69, 9.17) is 11.6 Å². The monoisotopic (exact) mass is 184 g/mol. The fraction of sp³-hybridized carbons (Fsp3) is 0.667. The first kappa shape index (κ1) is 8.11. The SMILES string of the molecule is CC(C)n1c(Cl)nc2c1CCC2. The number of imidazole rings is 1. The summed E-state index contributed by atoms with van der Waals surface area (Å²) in [5, 5.41) is 0.662. The summed E-state index contributed by atoms with van der Waals surface area (Å²) in [5.74, 6) is 0. The lowest BCUT2D eigenvalue weighted by Crippen LogP contribution is -2.04. The second kappa shape index (κ2) is 2.77. The van der Waals surface area contributed by atoms with Crippen LogP contribution in [0, 0.1) is 0 Å². The quantitative estimate of drug-likeness (QED) is 0.656. The summed E-state index contributed by atoms with van der Waals surface area (Å²) < 4.78 is 2.14. The first-order valence-electron chi connectivity index (χ1n) is 4.45. The molecular weight excluding hydrogens is 172 g/mol. The van der Waals surface area contributed by atoms with Crippen molar-refractivity contribution in [2.45, 2.75) is 39.2 Å². The summed E-state index contributed by atoms with van der Waals surface area (Å²) in [6, 6.07) is 0.437. The Morgan fingerprint density at radius 3 is 2.83 bits per heavy atom. The van der Waals surface area contributed by atoms with Crippen LogP contribution in [0.15, 0.2) is 0 Å². The van der Waals surface area contributed by atoms with Crippen LogP contribution in [-0.4, -0.2) is 9.55 Å². The van der Waals surface area contributed by atoms with Gasteiger partial charge in [-0.15, -0.1) is 0 Å². The predicted octanol–water partition coefficient (Wildman–Crippen LogP) is 2.61. The van der Waals surface area contributed by atoms with Crippen molar-refractivity contribution in [2.75, 3.05) is 0 Å². The van der Waals surface area contributed by atoms with Gasteiger partial charge in [0.25, 0.3) is 0 Å². The van der Waals surface area contributed by atoms with E-state index in [1.54, 1.807) is 0 Å². The molecule has 0 unspecified atom stereocenters. The average Bonchev–Trinajstić information content (AvgIpc) is 2.44. The van der Waals surface area contributed by atoms with Crippen LogP contribution in [-0.2, 0) is 12.8 Å². The minimum Gasteiger partial charge on any atom is -0.316 e. The van der Waals surface area contributed by atoms with Crippen LogP contribution in [0.1, 0.15) is 37.7 Å². The summed E-state index contributed by atoms with van der Waals surface area (Å²) in [4.78, 5) is 4.34. The van der Waals surface area contributed by atoms with Crippen LogP contribution in [0.25, 0.3) is 0 Å². The Labute approximate surface area is 77.6 Å². The maximum atomic E-state index is 6.01. The van der Waals surface area contributed by atoms with Crippen LogP contribution in [0.4, 0.5) is 0 Å². The summed E-state index contributed by atoms with van der Waals surface area (Å²) in [5.41, 5.74) is 2.57. The summed E-state index contributed by atoms with van der Waals surface area (Å²) in [6.45, 7) is 4.29. The Morgan fingerprint density at radius 2 is 2.17 bits per heavy atom. The maximum absolute atomic E-state index is 6.01. The largest absolute Gasteiger partial charge is 0.316 e. The highest BCUT2D eigenvalue weighted by atomic mass is 35.5. The van der Waals surface area contributed by atoms with E-state index in [0.29, 0.717) is 11.3 Å². The highest BCUT2D eigenvalue weighted by molar-refractivity contribution is 6.28. The third-order valence-electron chi connectivity index (χ3n) is 2.39. The summed E-state index contributed by atoms with van der Waals surface area (Å²) >= 11 is 6.01. The number of fused-ring (bicyclic) bond motifs is 1. The molecule has 3 heteroatoms. The molecule has 0 atom stereocenters. The standard InChI is InChI=1S/C9H13ClN2/c1-6(2)12-8-5-3-4-7(8)11-9(12)10/h6H,3-5H2,1-2H3. The Hall–Kier alpha value is -0.500. The van der Waals surface area contributed by atoms with Crippen molar-refractivity contribution in [1.82, 2.24) is 9.55 Å². The molecule has 1 aliphatic rings. The van der Waals surface area contributed by atoms with Gasteiger partial charge < -0.3 is 4.57 Å². The predicted molar refractivity (Wildman–Crippen MR) is 49.6 cm³/mol. The molecule has 0 radical (unpaired) electrons. The number of hydrogen-bond acceptors (Lipinski definition) is 1. The van der Waals surface area contributed by atoms with E-state index in [9.17, 15) is 0 Å². The number of aromatic nitrogens is 2. The Bertz CT molecular complexity index is 302. The van der Waals surface area contributed by atoms with Gasteiger partial charge in [0.15, 0.2) is 0 Å². The summed E-state index contributed by atoms with van der Waals surface area (Å²) in [7, 11) is 0. The molecule has 0 spiro atoms. The van der Waals surface area contributed by atoms with Crippen molar-refractivity contribution in [3.05, 3.63) is 16.7 Å². The topological polar surface area (TPSA) is 17.8 Å². The van der Waals surface area contributed by atoms with Gasteiger partial charge in [0.1, 0.15) is 0 Å². The maximum Gasteiger partial charge on any atom is 0.203 e.